The lowest BCUT2D eigenvalue weighted by molar-refractivity contribution is 0.530. The molecule has 5 rings (SSSR count). The lowest BCUT2D eigenvalue weighted by Gasteiger charge is -2.28. The first-order valence-electron chi connectivity index (χ1n) is 14.6. The molecule has 0 spiro atoms. The molecule has 0 amide bonds. The van der Waals surface area contributed by atoms with Crippen LogP contribution in [-0.2, 0) is 5.41 Å². The van der Waals surface area contributed by atoms with Crippen LogP contribution in [0.15, 0.2) is 97.3 Å². The van der Waals surface area contributed by atoms with E-state index < -0.39 is 0 Å². The van der Waals surface area contributed by atoms with Crippen LogP contribution in [0.2, 0.25) is 0 Å². The predicted octanol–water partition coefficient (Wildman–Crippen LogP) is 9.83. The Morgan fingerprint density at radius 2 is 1.87 bits per heavy atom. The molecule has 1 aromatic heterocycles. The highest BCUT2D eigenvalue weighted by atomic mass is 15.0. The van der Waals surface area contributed by atoms with Crippen molar-refractivity contribution in [3.8, 4) is 11.3 Å². The van der Waals surface area contributed by atoms with Crippen LogP contribution in [0, 0.1) is 0 Å². The van der Waals surface area contributed by atoms with Gasteiger partial charge in [0.15, 0.2) is 0 Å². The Morgan fingerprint density at radius 1 is 1.08 bits per heavy atom. The largest absolute Gasteiger partial charge is 0.320 e. The number of aromatic nitrogens is 1. The van der Waals surface area contributed by atoms with Gasteiger partial charge in [-0.2, -0.15) is 0 Å². The maximum atomic E-state index is 4.72. The molecule has 2 aliphatic rings. The lowest BCUT2D eigenvalue weighted by atomic mass is 9.87. The molecular weight excluding hydrogens is 472 g/mol. The van der Waals surface area contributed by atoms with Gasteiger partial charge in [-0.15, -0.1) is 0 Å². The van der Waals surface area contributed by atoms with Gasteiger partial charge in [-0.3, -0.25) is 0 Å². The van der Waals surface area contributed by atoms with Crippen molar-refractivity contribution in [3.05, 3.63) is 120 Å². The Labute approximate surface area is 235 Å². The van der Waals surface area contributed by atoms with Crippen molar-refractivity contribution in [3.63, 3.8) is 0 Å². The number of hydrogen-bond acceptors (Lipinski definition) is 1. The smallest absolute Gasteiger partial charge is 0.0528 e. The van der Waals surface area contributed by atoms with E-state index >= 15 is 0 Å². The number of nitrogens with zero attached hydrogens (tertiary/aromatic N) is 1. The first kappa shape index (κ1) is 27.2. The van der Waals surface area contributed by atoms with Crippen molar-refractivity contribution >= 4 is 11.3 Å². The zero-order valence-electron chi connectivity index (χ0n) is 24.4. The highest BCUT2D eigenvalue weighted by Gasteiger charge is 2.25. The van der Waals surface area contributed by atoms with E-state index in [-0.39, 0.29) is 11.3 Å². The molecule has 1 aliphatic heterocycles. The van der Waals surface area contributed by atoms with Crippen LogP contribution in [0.4, 0.5) is 0 Å². The molecule has 3 aromatic rings. The van der Waals surface area contributed by atoms with E-state index in [0.717, 1.165) is 37.9 Å². The average Bonchev–Trinajstić information content (AvgIpc) is 3.43. The third-order valence-electron chi connectivity index (χ3n) is 8.55. The van der Waals surface area contributed by atoms with Crippen LogP contribution in [0.5, 0.6) is 0 Å². The summed E-state index contributed by atoms with van der Waals surface area (Å²) in [4.78, 5) is 0. The van der Waals surface area contributed by atoms with Crippen LogP contribution < -0.4 is 5.32 Å². The van der Waals surface area contributed by atoms with Gasteiger partial charge in [0.25, 0.3) is 0 Å². The fourth-order valence-electron chi connectivity index (χ4n) is 5.87. The Morgan fingerprint density at radius 3 is 2.56 bits per heavy atom. The van der Waals surface area contributed by atoms with Gasteiger partial charge in [0.05, 0.1) is 5.69 Å². The standard InChI is InChI=1S/C37H44N2/c1-7-28-20-21-35(38-24-28)34-19-12-11-18-33(34)26(2)27(3)39-25-32(37(4,5)6)23-36(39)31-17-13-16-30(22-31)29-14-9-8-10-15-29/h8-9,11-14,16-20,22-23,25-26,35,38H,3,7,10,15,21,24H2,1-2,4-6H3/t26-,35?/m0/s1. The van der Waals surface area contributed by atoms with Crippen molar-refractivity contribution in [2.75, 3.05) is 6.54 Å². The van der Waals surface area contributed by atoms with Gasteiger partial charge in [-0.1, -0.05) is 114 Å². The van der Waals surface area contributed by atoms with E-state index in [4.69, 9.17) is 6.58 Å². The van der Waals surface area contributed by atoms with Crippen LogP contribution in [0.1, 0.15) is 94.5 Å². The molecule has 202 valence electrons. The molecule has 1 N–H and O–H groups in total. The Bertz CT molecular complexity index is 1440. The summed E-state index contributed by atoms with van der Waals surface area (Å²) in [5.41, 5.74) is 11.9. The van der Waals surface area contributed by atoms with Crippen LogP contribution in [0.3, 0.4) is 0 Å². The van der Waals surface area contributed by atoms with Crippen molar-refractivity contribution < 1.29 is 0 Å². The van der Waals surface area contributed by atoms with Gasteiger partial charge in [-0.25, -0.2) is 0 Å². The minimum Gasteiger partial charge on any atom is -0.320 e. The fraction of sp³-hybridized carbons (Fsp3) is 0.351. The summed E-state index contributed by atoms with van der Waals surface area (Å²) in [6, 6.07) is 20.7. The molecule has 2 aromatic carbocycles. The summed E-state index contributed by atoms with van der Waals surface area (Å²) in [5.74, 6) is 0.174. The molecule has 0 radical (unpaired) electrons. The minimum absolute atomic E-state index is 0.0467. The van der Waals surface area contributed by atoms with Crippen molar-refractivity contribution in [2.45, 2.75) is 77.7 Å². The van der Waals surface area contributed by atoms with Crippen molar-refractivity contribution in [1.82, 2.24) is 9.88 Å². The molecule has 1 aliphatic carbocycles. The molecule has 2 atom stereocenters. The Kier molecular flexibility index (Phi) is 7.96. The van der Waals surface area contributed by atoms with E-state index in [9.17, 15) is 0 Å². The number of benzene rings is 2. The molecule has 0 fully saturated rings. The second kappa shape index (κ2) is 11.4. The second-order valence-electron chi connectivity index (χ2n) is 12.2. The van der Waals surface area contributed by atoms with Gasteiger partial charge in [0.2, 0.25) is 0 Å². The van der Waals surface area contributed by atoms with Crippen LogP contribution >= 0.6 is 0 Å². The molecule has 2 heteroatoms. The maximum absolute atomic E-state index is 4.72. The van der Waals surface area contributed by atoms with Gasteiger partial charge >= 0.3 is 0 Å². The van der Waals surface area contributed by atoms with E-state index in [1.165, 1.54) is 44.7 Å². The summed E-state index contributed by atoms with van der Waals surface area (Å²) >= 11 is 0. The molecular formula is C37H44N2. The normalized spacial score (nSPS) is 18.4. The van der Waals surface area contributed by atoms with E-state index in [2.05, 4.69) is 130 Å². The summed E-state index contributed by atoms with van der Waals surface area (Å²) in [5, 5.41) is 3.79. The van der Waals surface area contributed by atoms with E-state index in [1.807, 2.05) is 0 Å². The van der Waals surface area contributed by atoms with Gasteiger partial charge < -0.3 is 9.88 Å². The van der Waals surface area contributed by atoms with Crippen LogP contribution in [-0.4, -0.2) is 11.1 Å². The SMILES string of the molecule is C=C([C@H](C)c1ccccc1C1CC=C(CC)CN1)n1cc(C(C)(C)C)cc1-c1cccc(C2=CC=CCC2)c1. The van der Waals surface area contributed by atoms with Gasteiger partial charge in [-0.05, 0) is 76.6 Å². The van der Waals surface area contributed by atoms with Gasteiger partial charge in [0.1, 0.15) is 0 Å². The summed E-state index contributed by atoms with van der Waals surface area (Å²) in [6.45, 7) is 17.1. The zero-order valence-corrected chi connectivity index (χ0v) is 24.4. The third kappa shape index (κ3) is 5.82. The van der Waals surface area contributed by atoms with Gasteiger partial charge in [0, 0.05) is 30.4 Å². The molecule has 0 saturated carbocycles. The number of nitrogens with one attached hydrogen (secondary N) is 1. The van der Waals surface area contributed by atoms with Crippen LogP contribution in [0.25, 0.3) is 22.5 Å². The minimum atomic E-state index is 0.0467. The molecule has 39 heavy (non-hydrogen) atoms. The topological polar surface area (TPSA) is 17.0 Å². The first-order chi connectivity index (χ1) is 18.8. The molecule has 2 nitrogen and oxygen atoms in total. The monoisotopic (exact) mass is 516 g/mol. The number of hydrogen-bond donors (Lipinski definition) is 1. The number of allylic oxidation sites excluding steroid dienone is 5. The quantitative estimate of drug-likeness (QED) is 0.309. The van der Waals surface area contributed by atoms with Crippen molar-refractivity contribution in [2.24, 2.45) is 0 Å². The summed E-state index contributed by atoms with van der Waals surface area (Å²) in [6.07, 6.45) is 15.8. The average molecular weight is 517 g/mol. The molecule has 1 unspecified atom stereocenters. The maximum Gasteiger partial charge on any atom is 0.0528 e. The van der Waals surface area contributed by atoms with E-state index in [1.54, 1.807) is 0 Å². The summed E-state index contributed by atoms with van der Waals surface area (Å²) in [7, 11) is 0. The highest BCUT2D eigenvalue weighted by molar-refractivity contribution is 5.75. The Balaban J connectivity index is 1.53. The third-order valence-corrected chi connectivity index (χ3v) is 8.55. The zero-order chi connectivity index (χ0) is 27.6. The highest BCUT2D eigenvalue weighted by Crippen LogP contribution is 2.39. The first-order valence-corrected chi connectivity index (χ1v) is 14.6. The second-order valence-corrected chi connectivity index (χ2v) is 12.2. The molecule has 0 saturated heterocycles. The molecule has 0 bridgehead atoms. The number of rotatable bonds is 7. The Hall–Kier alpha value is -3.36. The lowest BCUT2D eigenvalue weighted by Crippen LogP contribution is -2.28. The van der Waals surface area contributed by atoms with Crippen molar-refractivity contribution in [1.29, 1.82) is 0 Å². The van der Waals surface area contributed by atoms with E-state index in [0.29, 0.717) is 6.04 Å². The fourth-order valence-corrected chi connectivity index (χ4v) is 5.87. The molecule has 2 heterocycles. The summed E-state index contributed by atoms with van der Waals surface area (Å²) < 4.78 is 2.36. The predicted molar refractivity (Wildman–Crippen MR) is 169 cm³/mol.